The van der Waals surface area contributed by atoms with E-state index in [1.165, 1.54) is 12.1 Å². The number of benzene rings is 3. The second-order valence-corrected chi connectivity index (χ2v) is 11.1. The Kier molecular flexibility index (Phi) is 10.6. The molecule has 0 saturated heterocycles. The van der Waals surface area contributed by atoms with Crippen LogP contribution in [0.3, 0.4) is 0 Å². The van der Waals surface area contributed by atoms with Gasteiger partial charge < -0.3 is 10.6 Å². The number of hydroxylamine groups is 1. The van der Waals surface area contributed by atoms with Crippen LogP contribution in [0.2, 0.25) is 0 Å². The van der Waals surface area contributed by atoms with Gasteiger partial charge in [-0.1, -0.05) is 87.5 Å². The molecular weight excluding hydrogens is 509 g/mol. The maximum atomic E-state index is 13.4. The topological polar surface area (TPSA) is 108 Å². The number of hydrogen-bond acceptors (Lipinski definition) is 4. The molecule has 7 nitrogen and oxygen atoms in total. The Balaban J connectivity index is 1.70. The van der Waals surface area contributed by atoms with Crippen molar-refractivity contribution in [1.82, 2.24) is 16.1 Å². The highest BCUT2D eigenvalue weighted by molar-refractivity contribution is 5.91. The van der Waals surface area contributed by atoms with Gasteiger partial charge in [-0.15, -0.1) is 0 Å². The van der Waals surface area contributed by atoms with Gasteiger partial charge in [0.1, 0.15) is 11.9 Å². The molecular formula is C32H38FN3O4. The average Bonchev–Trinajstić information content (AvgIpc) is 2.94. The first-order valence-electron chi connectivity index (χ1n) is 13.4. The Morgan fingerprint density at radius 3 is 1.95 bits per heavy atom. The lowest BCUT2D eigenvalue weighted by molar-refractivity contribution is -0.137. The monoisotopic (exact) mass is 547 g/mol. The number of rotatable bonds is 11. The lowest BCUT2D eigenvalue weighted by Gasteiger charge is -2.32. The Hall–Kier alpha value is -4.04. The highest BCUT2D eigenvalue weighted by Crippen LogP contribution is 2.24. The van der Waals surface area contributed by atoms with Crippen molar-refractivity contribution in [3.05, 3.63) is 95.8 Å². The van der Waals surface area contributed by atoms with Gasteiger partial charge in [0.2, 0.25) is 17.7 Å². The molecule has 3 amide bonds. The van der Waals surface area contributed by atoms with E-state index in [2.05, 4.69) is 10.6 Å². The van der Waals surface area contributed by atoms with Crippen LogP contribution in [-0.4, -0.2) is 29.0 Å². The number of aryl methyl sites for hydroxylation is 1. The summed E-state index contributed by atoms with van der Waals surface area (Å²) in [6.07, 6.45) is 0.598. The summed E-state index contributed by atoms with van der Waals surface area (Å²) >= 11 is 0. The van der Waals surface area contributed by atoms with Gasteiger partial charge in [0.05, 0.1) is 6.04 Å². The van der Waals surface area contributed by atoms with Gasteiger partial charge in [-0.25, -0.2) is 9.87 Å². The molecule has 40 heavy (non-hydrogen) atoms. The molecule has 3 rings (SSSR count). The minimum absolute atomic E-state index is 0.227. The van der Waals surface area contributed by atoms with Gasteiger partial charge in [0.15, 0.2) is 0 Å². The summed E-state index contributed by atoms with van der Waals surface area (Å²) in [7, 11) is 0. The fourth-order valence-electron chi connectivity index (χ4n) is 4.50. The molecule has 0 saturated carbocycles. The van der Waals surface area contributed by atoms with Gasteiger partial charge >= 0.3 is 0 Å². The standard InChI is InChI=1S/C32H38FN3O4/c1-21(23-8-6-5-7-9-23)34-31(39)29(32(2,3)4)35-30(38)26(20-28(37)36-40)15-12-22-10-13-24(14-11-22)25-16-18-27(33)19-17-25/h5-11,13-14,16-19,21,26,29,40H,12,15,20H2,1-4H3,(H,34,39)(H,35,38)(H,36,37)/t21-,26-,29-/m1/s1. The van der Waals surface area contributed by atoms with Crippen LogP contribution in [0.1, 0.15) is 57.7 Å². The normalized spacial score (nSPS) is 13.6. The van der Waals surface area contributed by atoms with Crippen molar-refractivity contribution >= 4 is 17.7 Å². The molecule has 0 bridgehead atoms. The molecule has 3 atom stereocenters. The van der Waals surface area contributed by atoms with E-state index in [9.17, 15) is 18.8 Å². The van der Waals surface area contributed by atoms with Crippen LogP contribution < -0.4 is 16.1 Å². The fraction of sp³-hybridized carbons (Fsp3) is 0.344. The lowest BCUT2D eigenvalue weighted by Crippen LogP contribution is -2.55. The van der Waals surface area contributed by atoms with Crippen molar-refractivity contribution in [2.45, 2.75) is 59.0 Å². The molecule has 0 aromatic heterocycles. The van der Waals surface area contributed by atoms with E-state index in [-0.39, 0.29) is 24.2 Å². The van der Waals surface area contributed by atoms with E-state index in [1.54, 1.807) is 17.6 Å². The van der Waals surface area contributed by atoms with Crippen molar-refractivity contribution < 1.29 is 24.0 Å². The molecule has 0 unspecified atom stereocenters. The summed E-state index contributed by atoms with van der Waals surface area (Å²) in [6.45, 7) is 7.47. The molecule has 8 heteroatoms. The number of amides is 3. The maximum Gasteiger partial charge on any atom is 0.244 e. The predicted molar refractivity (Wildman–Crippen MR) is 153 cm³/mol. The largest absolute Gasteiger partial charge is 0.348 e. The number of hydrogen-bond donors (Lipinski definition) is 4. The quantitative estimate of drug-likeness (QED) is 0.192. The van der Waals surface area contributed by atoms with Crippen LogP contribution in [0, 0.1) is 17.2 Å². The van der Waals surface area contributed by atoms with Crippen molar-refractivity contribution in [1.29, 1.82) is 0 Å². The van der Waals surface area contributed by atoms with E-state index >= 15 is 0 Å². The Bertz CT molecular complexity index is 1270. The van der Waals surface area contributed by atoms with E-state index < -0.39 is 29.2 Å². The summed E-state index contributed by atoms with van der Waals surface area (Å²) in [6, 6.07) is 22.4. The van der Waals surface area contributed by atoms with Gasteiger partial charge in [-0.05, 0) is 59.6 Å². The number of halogens is 1. The zero-order valence-electron chi connectivity index (χ0n) is 23.4. The molecule has 0 radical (unpaired) electrons. The van der Waals surface area contributed by atoms with E-state index in [0.717, 1.165) is 22.3 Å². The van der Waals surface area contributed by atoms with Crippen LogP contribution in [0.5, 0.6) is 0 Å². The molecule has 0 aliphatic carbocycles. The Morgan fingerprint density at radius 1 is 0.825 bits per heavy atom. The predicted octanol–water partition coefficient (Wildman–Crippen LogP) is 5.35. The van der Waals surface area contributed by atoms with Crippen molar-refractivity contribution in [2.75, 3.05) is 0 Å². The Labute approximate surface area is 235 Å². The lowest BCUT2D eigenvalue weighted by atomic mass is 9.85. The SMILES string of the molecule is C[C@@H](NC(=O)[C@@H](NC(=O)[C@H](CCc1ccc(-c2ccc(F)cc2)cc1)CC(=O)NO)C(C)(C)C)c1ccccc1. The minimum Gasteiger partial charge on any atom is -0.348 e. The third kappa shape index (κ3) is 8.74. The van der Waals surface area contributed by atoms with Crippen LogP contribution in [0.4, 0.5) is 4.39 Å². The highest BCUT2D eigenvalue weighted by atomic mass is 19.1. The molecule has 0 aliphatic rings. The molecule has 0 aliphatic heterocycles. The van der Waals surface area contributed by atoms with Crippen LogP contribution in [0.25, 0.3) is 11.1 Å². The molecule has 3 aromatic rings. The zero-order chi connectivity index (χ0) is 29.3. The van der Waals surface area contributed by atoms with E-state index in [0.29, 0.717) is 12.8 Å². The Morgan fingerprint density at radius 2 is 1.40 bits per heavy atom. The third-order valence-corrected chi connectivity index (χ3v) is 6.91. The summed E-state index contributed by atoms with van der Waals surface area (Å²) in [5.74, 6) is -2.50. The number of nitrogens with one attached hydrogen (secondary N) is 3. The van der Waals surface area contributed by atoms with Crippen LogP contribution >= 0.6 is 0 Å². The first-order chi connectivity index (χ1) is 19.0. The van der Waals surface area contributed by atoms with E-state index in [4.69, 9.17) is 5.21 Å². The first-order valence-corrected chi connectivity index (χ1v) is 13.4. The highest BCUT2D eigenvalue weighted by Gasteiger charge is 2.35. The average molecular weight is 548 g/mol. The fourth-order valence-corrected chi connectivity index (χ4v) is 4.50. The second-order valence-electron chi connectivity index (χ2n) is 11.1. The molecule has 0 spiro atoms. The van der Waals surface area contributed by atoms with Crippen molar-refractivity contribution in [2.24, 2.45) is 11.3 Å². The minimum atomic E-state index is -0.846. The molecule has 212 valence electrons. The zero-order valence-corrected chi connectivity index (χ0v) is 23.4. The molecule has 0 fully saturated rings. The van der Waals surface area contributed by atoms with Crippen molar-refractivity contribution in [3.8, 4) is 11.1 Å². The molecule has 4 N–H and O–H groups in total. The third-order valence-electron chi connectivity index (χ3n) is 6.91. The summed E-state index contributed by atoms with van der Waals surface area (Å²) in [4.78, 5) is 38.7. The van der Waals surface area contributed by atoms with Gasteiger partial charge in [-0.3, -0.25) is 19.6 Å². The van der Waals surface area contributed by atoms with Crippen LogP contribution in [-0.2, 0) is 20.8 Å². The molecule has 0 heterocycles. The van der Waals surface area contributed by atoms with Crippen molar-refractivity contribution in [3.63, 3.8) is 0 Å². The summed E-state index contributed by atoms with van der Waals surface area (Å²) in [5, 5.41) is 15.0. The van der Waals surface area contributed by atoms with Gasteiger partial charge in [0.25, 0.3) is 0 Å². The summed E-state index contributed by atoms with van der Waals surface area (Å²) in [5.41, 5.74) is 4.72. The van der Waals surface area contributed by atoms with Crippen LogP contribution in [0.15, 0.2) is 78.9 Å². The number of carbonyl (C=O) groups is 3. The van der Waals surface area contributed by atoms with Gasteiger partial charge in [0, 0.05) is 12.3 Å². The van der Waals surface area contributed by atoms with E-state index in [1.807, 2.05) is 82.3 Å². The van der Waals surface area contributed by atoms with Gasteiger partial charge in [-0.2, -0.15) is 0 Å². The second kappa shape index (κ2) is 13.8. The maximum absolute atomic E-state index is 13.4. The first kappa shape index (κ1) is 30.5. The number of carbonyl (C=O) groups excluding carboxylic acids is 3. The molecule has 3 aromatic carbocycles. The smallest absolute Gasteiger partial charge is 0.244 e. The summed E-state index contributed by atoms with van der Waals surface area (Å²) < 4.78 is 13.2.